The monoisotopic (exact) mass is 392 g/mol. The average Bonchev–Trinajstić information content (AvgIpc) is 2.72. The van der Waals surface area contributed by atoms with E-state index in [1.54, 1.807) is 50.1 Å². The maximum atomic E-state index is 13.3. The van der Waals surface area contributed by atoms with Crippen molar-refractivity contribution in [2.45, 2.75) is 26.8 Å². The molecule has 6 heteroatoms. The lowest BCUT2D eigenvalue weighted by atomic mass is 9.92. The predicted octanol–water partition coefficient (Wildman–Crippen LogP) is 4.34. The summed E-state index contributed by atoms with van der Waals surface area (Å²) in [4.78, 5) is 40.8. The Kier molecular flexibility index (Phi) is 5.82. The number of anilines is 1. The quantitative estimate of drug-likeness (QED) is 0.561. The number of ether oxygens (including phenoxy) is 1. The highest BCUT2D eigenvalue weighted by molar-refractivity contribution is 6.03. The molecule has 0 bridgehead atoms. The zero-order chi connectivity index (χ0) is 21.1. The molecular formula is C23H24N2O4. The summed E-state index contributed by atoms with van der Waals surface area (Å²) in [7, 11) is 1.63. The van der Waals surface area contributed by atoms with Crippen molar-refractivity contribution in [1.82, 2.24) is 4.90 Å². The SMILES string of the molecule is CCOC(=O)C1=C(C)N(C)C(=O)N(c2ccc(C(C)=O)cc2)C1c1ccccc1. The lowest BCUT2D eigenvalue weighted by molar-refractivity contribution is -0.139. The van der Waals surface area contributed by atoms with Gasteiger partial charge in [0.1, 0.15) is 0 Å². The molecule has 0 aromatic heterocycles. The van der Waals surface area contributed by atoms with Crippen molar-refractivity contribution >= 4 is 23.5 Å². The van der Waals surface area contributed by atoms with Crippen LogP contribution in [-0.2, 0) is 9.53 Å². The Balaban J connectivity index is 2.20. The Morgan fingerprint density at radius 3 is 2.21 bits per heavy atom. The highest BCUT2D eigenvalue weighted by Crippen LogP contribution is 2.40. The van der Waals surface area contributed by atoms with Crippen LogP contribution >= 0.6 is 0 Å². The van der Waals surface area contributed by atoms with Crippen molar-refractivity contribution in [2.75, 3.05) is 18.6 Å². The standard InChI is InChI=1S/C23H24N2O4/c1-5-29-22(27)20-15(2)24(4)23(28)25(21(20)18-9-7-6-8-10-18)19-13-11-17(12-14-19)16(3)26/h6-14,21H,5H2,1-4H3. The topological polar surface area (TPSA) is 66.9 Å². The maximum absolute atomic E-state index is 13.3. The van der Waals surface area contributed by atoms with Gasteiger partial charge in [-0.15, -0.1) is 0 Å². The molecule has 29 heavy (non-hydrogen) atoms. The van der Waals surface area contributed by atoms with E-state index < -0.39 is 12.0 Å². The molecule has 3 rings (SSSR count). The summed E-state index contributed by atoms with van der Waals surface area (Å²) in [6, 6.07) is 15.3. The number of Topliss-reactive ketones (excluding diaryl/α,β-unsaturated/α-hetero) is 1. The fourth-order valence-corrected chi connectivity index (χ4v) is 3.46. The molecule has 1 aliphatic heterocycles. The number of hydrogen-bond acceptors (Lipinski definition) is 4. The zero-order valence-corrected chi connectivity index (χ0v) is 17.0. The van der Waals surface area contributed by atoms with Crippen LogP contribution in [0.25, 0.3) is 0 Å². The molecule has 2 amide bonds. The van der Waals surface area contributed by atoms with E-state index in [0.717, 1.165) is 5.56 Å². The number of esters is 1. The number of carbonyl (C=O) groups excluding carboxylic acids is 3. The number of benzene rings is 2. The first-order valence-electron chi connectivity index (χ1n) is 9.47. The van der Waals surface area contributed by atoms with Gasteiger partial charge in [0.05, 0.1) is 18.2 Å². The summed E-state index contributed by atoms with van der Waals surface area (Å²) in [5.41, 5.74) is 2.91. The first kappa shape index (κ1) is 20.3. The van der Waals surface area contributed by atoms with Gasteiger partial charge in [-0.1, -0.05) is 30.3 Å². The summed E-state index contributed by atoms with van der Waals surface area (Å²) in [5, 5.41) is 0. The molecular weight excluding hydrogens is 368 g/mol. The number of urea groups is 1. The molecule has 1 heterocycles. The summed E-state index contributed by atoms with van der Waals surface area (Å²) in [5.74, 6) is -0.509. The minimum Gasteiger partial charge on any atom is -0.463 e. The maximum Gasteiger partial charge on any atom is 0.338 e. The Labute approximate surface area is 170 Å². The van der Waals surface area contributed by atoms with Gasteiger partial charge in [-0.05, 0) is 50.6 Å². The number of nitrogens with zero attached hydrogens (tertiary/aromatic N) is 2. The number of hydrogen-bond donors (Lipinski definition) is 0. The Morgan fingerprint density at radius 1 is 1.03 bits per heavy atom. The zero-order valence-electron chi connectivity index (χ0n) is 17.0. The molecule has 1 unspecified atom stereocenters. The number of allylic oxidation sites excluding steroid dienone is 1. The number of amides is 2. The van der Waals surface area contributed by atoms with Crippen LogP contribution in [0.15, 0.2) is 65.9 Å². The molecule has 0 saturated heterocycles. The van der Waals surface area contributed by atoms with Crippen LogP contribution in [-0.4, -0.2) is 36.3 Å². The van der Waals surface area contributed by atoms with Crippen molar-refractivity contribution in [2.24, 2.45) is 0 Å². The van der Waals surface area contributed by atoms with Gasteiger partial charge in [-0.3, -0.25) is 9.69 Å². The molecule has 1 aliphatic rings. The van der Waals surface area contributed by atoms with Gasteiger partial charge in [0.25, 0.3) is 0 Å². The normalized spacial score (nSPS) is 16.8. The van der Waals surface area contributed by atoms with Crippen LogP contribution < -0.4 is 4.90 Å². The molecule has 2 aromatic rings. The lowest BCUT2D eigenvalue weighted by Crippen LogP contribution is -2.49. The third-order valence-electron chi connectivity index (χ3n) is 5.08. The predicted molar refractivity (Wildman–Crippen MR) is 111 cm³/mol. The molecule has 6 nitrogen and oxygen atoms in total. The molecule has 2 aromatic carbocycles. The first-order valence-corrected chi connectivity index (χ1v) is 9.47. The number of ketones is 1. The van der Waals surface area contributed by atoms with Gasteiger partial charge < -0.3 is 9.64 Å². The third-order valence-corrected chi connectivity index (χ3v) is 5.08. The molecule has 0 saturated carbocycles. The van der Waals surface area contributed by atoms with Crippen molar-refractivity contribution in [3.05, 3.63) is 77.0 Å². The second-order valence-electron chi connectivity index (χ2n) is 6.85. The van der Waals surface area contributed by atoms with Crippen LogP contribution in [0.3, 0.4) is 0 Å². The van der Waals surface area contributed by atoms with E-state index in [-0.39, 0.29) is 18.4 Å². The van der Waals surface area contributed by atoms with Gasteiger partial charge >= 0.3 is 12.0 Å². The number of carbonyl (C=O) groups is 3. The Hall–Kier alpha value is -3.41. The van der Waals surface area contributed by atoms with Gasteiger partial charge in [-0.2, -0.15) is 0 Å². The molecule has 0 spiro atoms. The first-order chi connectivity index (χ1) is 13.9. The van der Waals surface area contributed by atoms with E-state index in [4.69, 9.17) is 4.74 Å². The van der Waals surface area contributed by atoms with Crippen LogP contribution in [0.5, 0.6) is 0 Å². The smallest absolute Gasteiger partial charge is 0.338 e. The van der Waals surface area contributed by atoms with Crippen molar-refractivity contribution in [3.63, 3.8) is 0 Å². The Morgan fingerprint density at radius 2 is 1.66 bits per heavy atom. The molecule has 0 N–H and O–H groups in total. The lowest BCUT2D eigenvalue weighted by Gasteiger charge is -2.41. The van der Waals surface area contributed by atoms with E-state index in [2.05, 4.69) is 0 Å². The fourth-order valence-electron chi connectivity index (χ4n) is 3.46. The second kappa shape index (κ2) is 8.31. The van der Waals surface area contributed by atoms with E-state index in [1.807, 2.05) is 30.3 Å². The van der Waals surface area contributed by atoms with Gasteiger partial charge in [0, 0.05) is 24.0 Å². The highest BCUT2D eigenvalue weighted by Gasteiger charge is 2.41. The summed E-state index contributed by atoms with van der Waals surface area (Å²) in [6.45, 7) is 5.23. The van der Waals surface area contributed by atoms with Crippen LogP contribution in [0, 0.1) is 0 Å². The molecule has 1 atom stereocenters. The van der Waals surface area contributed by atoms with E-state index in [0.29, 0.717) is 22.5 Å². The van der Waals surface area contributed by atoms with Crippen LogP contribution in [0.1, 0.15) is 42.7 Å². The fraction of sp³-hybridized carbons (Fsp3) is 0.261. The third kappa shape index (κ3) is 3.78. The molecule has 0 aliphatic carbocycles. The minimum atomic E-state index is -0.637. The highest BCUT2D eigenvalue weighted by atomic mass is 16.5. The van der Waals surface area contributed by atoms with Crippen LogP contribution in [0.2, 0.25) is 0 Å². The molecule has 150 valence electrons. The van der Waals surface area contributed by atoms with E-state index in [9.17, 15) is 14.4 Å². The van der Waals surface area contributed by atoms with Gasteiger partial charge in [-0.25, -0.2) is 9.59 Å². The molecule has 0 radical (unpaired) electrons. The van der Waals surface area contributed by atoms with Crippen molar-refractivity contribution in [3.8, 4) is 0 Å². The second-order valence-corrected chi connectivity index (χ2v) is 6.85. The average molecular weight is 392 g/mol. The summed E-state index contributed by atoms with van der Waals surface area (Å²) in [6.07, 6.45) is 0. The summed E-state index contributed by atoms with van der Waals surface area (Å²) >= 11 is 0. The van der Waals surface area contributed by atoms with Gasteiger partial charge in [0.15, 0.2) is 5.78 Å². The van der Waals surface area contributed by atoms with Gasteiger partial charge in [0.2, 0.25) is 0 Å². The number of rotatable bonds is 5. The van der Waals surface area contributed by atoms with E-state index in [1.165, 1.54) is 11.8 Å². The van der Waals surface area contributed by atoms with E-state index >= 15 is 0 Å². The minimum absolute atomic E-state index is 0.0544. The van der Waals surface area contributed by atoms with Crippen LogP contribution in [0.4, 0.5) is 10.5 Å². The largest absolute Gasteiger partial charge is 0.463 e. The summed E-state index contributed by atoms with van der Waals surface area (Å²) < 4.78 is 5.32. The van der Waals surface area contributed by atoms with Crippen molar-refractivity contribution in [1.29, 1.82) is 0 Å². The van der Waals surface area contributed by atoms with Crippen molar-refractivity contribution < 1.29 is 19.1 Å². The molecule has 0 fully saturated rings. The Bertz CT molecular complexity index is 964.